The van der Waals surface area contributed by atoms with Crippen molar-refractivity contribution in [1.82, 2.24) is 4.90 Å². The van der Waals surface area contributed by atoms with Crippen molar-refractivity contribution in [3.8, 4) is 0 Å². The topological polar surface area (TPSA) is 55.8 Å². The van der Waals surface area contributed by atoms with Crippen LogP contribution in [0, 0.1) is 5.92 Å². The standard InChI is InChI=1S/C18H23NO4/c1-3-22-17(20)14(2)16-9-11-19(12-10-16)18(21)23-13-15-7-5-4-6-8-15/h4-8,16H,2-3,9-13H2,1H3. The number of piperidine rings is 1. The maximum atomic E-state index is 12.1. The molecule has 5 heteroatoms. The van der Waals surface area contributed by atoms with Gasteiger partial charge in [0, 0.05) is 18.7 Å². The molecule has 23 heavy (non-hydrogen) atoms. The lowest BCUT2D eigenvalue weighted by molar-refractivity contribution is -0.139. The zero-order chi connectivity index (χ0) is 16.7. The van der Waals surface area contributed by atoms with Crippen molar-refractivity contribution in [2.24, 2.45) is 5.92 Å². The van der Waals surface area contributed by atoms with Crippen LogP contribution in [0.5, 0.6) is 0 Å². The lowest BCUT2D eigenvalue weighted by Gasteiger charge is -2.31. The molecule has 124 valence electrons. The third-order valence-corrected chi connectivity index (χ3v) is 3.99. The van der Waals surface area contributed by atoms with Crippen molar-refractivity contribution in [1.29, 1.82) is 0 Å². The third kappa shape index (κ3) is 4.84. The molecule has 0 aliphatic carbocycles. The molecule has 0 saturated carbocycles. The van der Waals surface area contributed by atoms with Gasteiger partial charge in [0.05, 0.1) is 6.61 Å². The number of benzene rings is 1. The van der Waals surface area contributed by atoms with Crippen LogP contribution in [0.3, 0.4) is 0 Å². The molecular formula is C18H23NO4. The highest BCUT2D eigenvalue weighted by Gasteiger charge is 2.28. The fourth-order valence-electron chi connectivity index (χ4n) is 2.61. The molecule has 1 heterocycles. The number of carbonyl (C=O) groups excluding carboxylic acids is 2. The fraction of sp³-hybridized carbons (Fsp3) is 0.444. The second-order valence-electron chi connectivity index (χ2n) is 5.55. The van der Waals surface area contributed by atoms with Crippen LogP contribution in [-0.2, 0) is 20.9 Å². The van der Waals surface area contributed by atoms with Crippen LogP contribution < -0.4 is 0 Å². The van der Waals surface area contributed by atoms with Crippen LogP contribution in [0.15, 0.2) is 42.5 Å². The summed E-state index contributed by atoms with van der Waals surface area (Å²) in [5.74, 6) is -0.259. The first-order valence-corrected chi connectivity index (χ1v) is 7.93. The summed E-state index contributed by atoms with van der Waals surface area (Å²) in [7, 11) is 0. The second kappa shape index (κ2) is 8.36. The molecule has 1 saturated heterocycles. The summed E-state index contributed by atoms with van der Waals surface area (Å²) in [6.45, 7) is 7.36. The van der Waals surface area contributed by atoms with Gasteiger partial charge in [0.1, 0.15) is 6.61 Å². The minimum atomic E-state index is -0.336. The Morgan fingerprint density at radius 3 is 2.43 bits per heavy atom. The lowest BCUT2D eigenvalue weighted by Crippen LogP contribution is -2.39. The molecule has 1 amide bonds. The SMILES string of the molecule is C=C(C(=O)OCC)C1CCN(C(=O)OCc2ccccc2)CC1. The average Bonchev–Trinajstić information content (AvgIpc) is 2.60. The van der Waals surface area contributed by atoms with Gasteiger partial charge in [0.25, 0.3) is 0 Å². The minimum Gasteiger partial charge on any atom is -0.463 e. The van der Waals surface area contributed by atoms with Crippen LogP contribution in [0.4, 0.5) is 4.79 Å². The molecule has 0 aromatic heterocycles. The predicted molar refractivity (Wildman–Crippen MR) is 86.7 cm³/mol. The Hall–Kier alpha value is -2.30. The van der Waals surface area contributed by atoms with E-state index < -0.39 is 0 Å². The number of carbonyl (C=O) groups is 2. The Bertz CT molecular complexity index is 547. The Kier molecular flexibility index (Phi) is 6.20. The normalized spacial score (nSPS) is 15.1. The van der Waals surface area contributed by atoms with E-state index in [9.17, 15) is 9.59 Å². The third-order valence-electron chi connectivity index (χ3n) is 3.99. The van der Waals surface area contributed by atoms with Crippen molar-refractivity contribution < 1.29 is 19.1 Å². The highest BCUT2D eigenvalue weighted by atomic mass is 16.6. The quantitative estimate of drug-likeness (QED) is 0.618. The lowest BCUT2D eigenvalue weighted by atomic mass is 9.90. The van der Waals surface area contributed by atoms with Crippen molar-refractivity contribution in [2.45, 2.75) is 26.4 Å². The number of rotatable bonds is 5. The number of likely N-dealkylation sites (tertiary alicyclic amines) is 1. The van der Waals surface area contributed by atoms with Gasteiger partial charge >= 0.3 is 12.1 Å². The Labute approximate surface area is 136 Å². The van der Waals surface area contributed by atoms with Gasteiger partial charge in [0.15, 0.2) is 0 Å². The Morgan fingerprint density at radius 2 is 1.83 bits per heavy atom. The zero-order valence-electron chi connectivity index (χ0n) is 13.5. The maximum Gasteiger partial charge on any atom is 0.410 e. The van der Waals surface area contributed by atoms with E-state index in [1.54, 1.807) is 11.8 Å². The molecule has 0 N–H and O–H groups in total. The molecule has 1 aromatic rings. The molecule has 0 radical (unpaired) electrons. The van der Waals surface area contributed by atoms with Crippen LogP contribution in [0.2, 0.25) is 0 Å². The van der Waals surface area contributed by atoms with E-state index in [1.807, 2.05) is 30.3 Å². The summed E-state index contributed by atoms with van der Waals surface area (Å²) in [4.78, 5) is 25.4. The molecule has 0 unspecified atom stereocenters. The largest absolute Gasteiger partial charge is 0.463 e. The number of ether oxygens (including phenoxy) is 2. The van der Waals surface area contributed by atoms with Gasteiger partial charge in [0.2, 0.25) is 0 Å². The second-order valence-corrected chi connectivity index (χ2v) is 5.55. The van der Waals surface area contributed by atoms with Crippen LogP contribution in [0.1, 0.15) is 25.3 Å². The van der Waals surface area contributed by atoms with Gasteiger partial charge < -0.3 is 14.4 Å². The maximum absolute atomic E-state index is 12.1. The van der Waals surface area contributed by atoms with E-state index in [1.165, 1.54) is 0 Å². The van der Waals surface area contributed by atoms with Gasteiger partial charge in [-0.25, -0.2) is 9.59 Å². The first-order valence-electron chi connectivity index (χ1n) is 7.93. The van der Waals surface area contributed by atoms with Crippen molar-refractivity contribution in [2.75, 3.05) is 19.7 Å². The Balaban J connectivity index is 1.76. The van der Waals surface area contributed by atoms with Gasteiger partial charge in [-0.15, -0.1) is 0 Å². The zero-order valence-corrected chi connectivity index (χ0v) is 13.5. The van der Waals surface area contributed by atoms with Crippen molar-refractivity contribution in [3.05, 3.63) is 48.0 Å². The molecule has 0 spiro atoms. The van der Waals surface area contributed by atoms with E-state index >= 15 is 0 Å². The number of esters is 1. The summed E-state index contributed by atoms with van der Waals surface area (Å²) in [5, 5.41) is 0. The molecular weight excluding hydrogens is 294 g/mol. The Morgan fingerprint density at radius 1 is 1.17 bits per heavy atom. The number of nitrogens with zero attached hydrogens (tertiary/aromatic N) is 1. The van der Waals surface area contributed by atoms with Crippen molar-refractivity contribution in [3.63, 3.8) is 0 Å². The van der Waals surface area contributed by atoms with E-state index in [0.29, 0.717) is 38.1 Å². The van der Waals surface area contributed by atoms with E-state index in [4.69, 9.17) is 9.47 Å². The molecule has 1 aromatic carbocycles. The van der Waals surface area contributed by atoms with Crippen LogP contribution in [0.25, 0.3) is 0 Å². The summed E-state index contributed by atoms with van der Waals surface area (Å²) >= 11 is 0. The van der Waals surface area contributed by atoms with Gasteiger partial charge in [-0.3, -0.25) is 0 Å². The van der Waals surface area contributed by atoms with Gasteiger partial charge in [-0.2, -0.15) is 0 Å². The van der Waals surface area contributed by atoms with E-state index in [0.717, 1.165) is 5.56 Å². The molecule has 1 aliphatic heterocycles. The number of hydrogen-bond donors (Lipinski definition) is 0. The number of hydrogen-bond acceptors (Lipinski definition) is 4. The number of amides is 1. The molecule has 0 bridgehead atoms. The average molecular weight is 317 g/mol. The summed E-state index contributed by atoms with van der Waals surface area (Å²) in [6.07, 6.45) is 1.10. The highest BCUT2D eigenvalue weighted by Crippen LogP contribution is 2.25. The summed E-state index contributed by atoms with van der Waals surface area (Å²) in [6, 6.07) is 9.59. The van der Waals surface area contributed by atoms with Crippen LogP contribution >= 0.6 is 0 Å². The van der Waals surface area contributed by atoms with Crippen LogP contribution in [-0.4, -0.2) is 36.7 Å². The van der Waals surface area contributed by atoms with E-state index in [2.05, 4.69) is 6.58 Å². The predicted octanol–water partition coefficient (Wildman–Crippen LogP) is 3.15. The molecule has 1 fully saturated rings. The van der Waals surface area contributed by atoms with E-state index in [-0.39, 0.29) is 24.6 Å². The fourth-order valence-corrected chi connectivity index (χ4v) is 2.61. The summed E-state index contributed by atoms with van der Waals surface area (Å²) < 4.78 is 10.3. The molecule has 0 atom stereocenters. The minimum absolute atomic E-state index is 0.0761. The molecule has 5 nitrogen and oxygen atoms in total. The highest BCUT2D eigenvalue weighted by molar-refractivity contribution is 5.88. The monoisotopic (exact) mass is 317 g/mol. The molecule has 2 rings (SSSR count). The van der Waals surface area contributed by atoms with Gasteiger partial charge in [-0.05, 0) is 31.2 Å². The van der Waals surface area contributed by atoms with Gasteiger partial charge in [-0.1, -0.05) is 36.9 Å². The smallest absolute Gasteiger partial charge is 0.410 e. The first-order chi connectivity index (χ1) is 11.1. The summed E-state index contributed by atoms with van der Waals surface area (Å²) in [5.41, 5.74) is 1.47. The first kappa shape index (κ1) is 17.1. The molecule has 1 aliphatic rings. The van der Waals surface area contributed by atoms with Crippen molar-refractivity contribution >= 4 is 12.1 Å².